The summed E-state index contributed by atoms with van der Waals surface area (Å²) in [5, 5.41) is 0. The van der Waals surface area contributed by atoms with Crippen LogP contribution in [0.25, 0.3) is 11.1 Å². The molecule has 0 bridgehead atoms. The fourth-order valence-corrected chi connectivity index (χ4v) is 1.58. The lowest BCUT2D eigenvalue weighted by Gasteiger charge is -2.11. The van der Waals surface area contributed by atoms with E-state index in [9.17, 15) is 22.0 Å². The van der Waals surface area contributed by atoms with Gasteiger partial charge in [0.2, 0.25) is 0 Å². The fraction of sp³-hybridized carbons (Fsp3) is 0.0769. The molecule has 2 rings (SSSR count). The second-order valence-electron chi connectivity index (χ2n) is 3.70. The summed E-state index contributed by atoms with van der Waals surface area (Å²) < 4.78 is 66.5. The average molecular weight is 274 g/mol. The van der Waals surface area contributed by atoms with E-state index in [1.807, 2.05) is 0 Å². The second-order valence-corrected chi connectivity index (χ2v) is 3.70. The van der Waals surface area contributed by atoms with Gasteiger partial charge in [-0.25, -0.2) is 8.78 Å². The van der Waals surface area contributed by atoms with E-state index in [0.717, 1.165) is 30.3 Å². The summed E-state index contributed by atoms with van der Waals surface area (Å²) in [7, 11) is 0. The van der Waals surface area contributed by atoms with Crippen LogP contribution in [0.3, 0.4) is 0 Å². The van der Waals surface area contributed by atoms with Crippen molar-refractivity contribution in [1.29, 1.82) is 0 Å². The molecule has 0 radical (unpaired) electrons. The Hall–Kier alpha value is -2.11. The summed E-state index contributed by atoms with van der Waals surface area (Å²) in [4.78, 5) is 0. The summed E-state index contributed by atoms with van der Waals surface area (Å²) in [5.74, 6) is -1.94. The number of halogens is 5. The molecule has 19 heavy (non-hydrogen) atoms. The lowest BCUT2D eigenvalue weighted by atomic mass is 10.0. The highest BCUT2D eigenvalue weighted by Crippen LogP contribution is 2.30. The molecule has 1 nitrogen and oxygen atoms in total. The number of hydrogen-bond donors (Lipinski definition) is 0. The molecule has 0 atom stereocenters. The van der Waals surface area contributed by atoms with E-state index in [1.54, 1.807) is 0 Å². The van der Waals surface area contributed by atoms with Gasteiger partial charge in [0, 0.05) is 5.56 Å². The summed E-state index contributed by atoms with van der Waals surface area (Å²) in [6.07, 6.45) is -4.86. The molecule has 0 amide bonds. The Kier molecular flexibility index (Phi) is 3.42. The van der Waals surface area contributed by atoms with Gasteiger partial charge in [0.05, 0.1) is 0 Å². The molecule has 0 spiro atoms. The highest BCUT2D eigenvalue weighted by atomic mass is 19.4. The Morgan fingerprint density at radius 3 is 2.26 bits per heavy atom. The van der Waals surface area contributed by atoms with Gasteiger partial charge in [-0.1, -0.05) is 12.1 Å². The molecule has 0 heterocycles. The third-order valence-corrected chi connectivity index (χ3v) is 2.31. The summed E-state index contributed by atoms with van der Waals surface area (Å²) in [5.41, 5.74) is -0.0358. The van der Waals surface area contributed by atoms with Crippen molar-refractivity contribution in [2.24, 2.45) is 0 Å². The van der Waals surface area contributed by atoms with Crippen LogP contribution < -0.4 is 4.74 Å². The number of benzene rings is 2. The summed E-state index contributed by atoms with van der Waals surface area (Å²) in [6.45, 7) is 0. The monoisotopic (exact) mass is 274 g/mol. The molecule has 0 unspecified atom stereocenters. The zero-order valence-corrected chi connectivity index (χ0v) is 9.34. The maximum Gasteiger partial charge on any atom is 0.573 e. The molecule has 2 aromatic carbocycles. The molecular weight excluding hydrogens is 267 g/mol. The highest BCUT2D eigenvalue weighted by Gasteiger charge is 2.31. The van der Waals surface area contributed by atoms with Crippen LogP contribution in [-0.4, -0.2) is 6.36 Å². The zero-order valence-electron chi connectivity index (χ0n) is 9.34. The molecule has 0 N–H and O–H groups in total. The van der Waals surface area contributed by atoms with Gasteiger partial charge in [-0.15, -0.1) is 13.2 Å². The van der Waals surface area contributed by atoms with Crippen LogP contribution in [0.1, 0.15) is 0 Å². The van der Waals surface area contributed by atoms with Crippen molar-refractivity contribution in [3.63, 3.8) is 0 Å². The van der Waals surface area contributed by atoms with Gasteiger partial charge >= 0.3 is 6.36 Å². The standard InChI is InChI=1S/C13H7F5O/c14-9-3-1-2-8(6-9)11-7-10(4-5-12(11)15)19-13(16,17)18/h1-7H. The van der Waals surface area contributed by atoms with Crippen LogP contribution >= 0.6 is 0 Å². The highest BCUT2D eigenvalue weighted by molar-refractivity contribution is 5.65. The van der Waals surface area contributed by atoms with Gasteiger partial charge in [-0.05, 0) is 35.9 Å². The van der Waals surface area contributed by atoms with Gasteiger partial charge in [0.25, 0.3) is 0 Å². The first-order chi connectivity index (χ1) is 8.85. The van der Waals surface area contributed by atoms with Crippen LogP contribution in [0.4, 0.5) is 22.0 Å². The quantitative estimate of drug-likeness (QED) is 0.731. The molecular formula is C13H7F5O. The molecule has 0 saturated heterocycles. The molecule has 0 aliphatic carbocycles. The zero-order chi connectivity index (χ0) is 14.0. The van der Waals surface area contributed by atoms with Gasteiger partial charge < -0.3 is 4.74 Å². The minimum Gasteiger partial charge on any atom is -0.406 e. The van der Waals surface area contributed by atoms with Crippen LogP contribution in [0.2, 0.25) is 0 Å². The molecule has 0 aromatic heterocycles. The van der Waals surface area contributed by atoms with Crippen LogP contribution in [-0.2, 0) is 0 Å². The first-order valence-corrected chi connectivity index (χ1v) is 5.16. The fourth-order valence-electron chi connectivity index (χ4n) is 1.58. The van der Waals surface area contributed by atoms with E-state index in [0.29, 0.717) is 0 Å². The van der Waals surface area contributed by atoms with Gasteiger partial charge in [-0.3, -0.25) is 0 Å². The van der Waals surface area contributed by atoms with Crippen molar-refractivity contribution in [1.82, 2.24) is 0 Å². The molecule has 0 saturated carbocycles. The third kappa shape index (κ3) is 3.43. The largest absolute Gasteiger partial charge is 0.573 e. The number of ether oxygens (including phenoxy) is 1. The topological polar surface area (TPSA) is 9.23 Å². The van der Waals surface area contributed by atoms with Crippen molar-refractivity contribution in [2.45, 2.75) is 6.36 Å². The van der Waals surface area contributed by atoms with Crippen molar-refractivity contribution in [3.8, 4) is 16.9 Å². The summed E-state index contributed by atoms with van der Waals surface area (Å²) >= 11 is 0. The SMILES string of the molecule is Fc1cccc(-c2cc(OC(F)(F)F)ccc2F)c1. The maximum atomic E-state index is 13.6. The Morgan fingerprint density at radius 1 is 0.895 bits per heavy atom. The first kappa shape index (κ1) is 13.3. The average Bonchev–Trinajstić information content (AvgIpc) is 2.30. The minimum atomic E-state index is -4.86. The normalized spacial score (nSPS) is 11.4. The predicted molar refractivity (Wildman–Crippen MR) is 58.5 cm³/mol. The van der Waals surface area contributed by atoms with Crippen LogP contribution in [0.5, 0.6) is 5.75 Å². The second kappa shape index (κ2) is 4.87. The first-order valence-electron chi connectivity index (χ1n) is 5.16. The maximum absolute atomic E-state index is 13.6. The molecule has 0 aliphatic rings. The van der Waals surface area contributed by atoms with Crippen molar-refractivity contribution in [2.75, 3.05) is 0 Å². The Labute approximate surface area is 105 Å². The van der Waals surface area contributed by atoms with Crippen molar-refractivity contribution < 1.29 is 26.7 Å². The summed E-state index contributed by atoms with van der Waals surface area (Å²) in [6, 6.07) is 7.46. The number of rotatable bonds is 2. The number of alkyl halides is 3. The van der Waals surface area contributed by atoms with E-state index in [2.05, 4.69) is 4.74 Å². The van der Waals surface area contributed by atoms with E-state index >= 15 is 0 Å². The molecule has 6 heteroatoms. The minimum absolute atomic E-state index is 0.130. The lowest BCUT2D eigenvalue weighted by Crippen LogP contribution is -2.17. The lowest BCUT2D eigenvalue weighted by molar-refractivity contribution is -0.274. The third-order valence-electron chi connectivity index (χ3n) is 2.31. The Balaban J connectivity index is 2.43. The van der Waals surface area contributed by atoms with E-state index in [4.69, 9.17) is 0 Å². The van der Waals surface area contributed by atoms with Gasteiger partial charge in [0.15, 0.2) is 0 Å². The van der Waals surface area contributed by atoms with Crippen molar-refractivity contribution in [3.05, 3.63) is 54.1 Å². The van der Waals surface area contributed by atoms with E-state index < -0.39 is 23.7 Å². The van der Waals surface area contributed by atoms with Crippen LogP contribution in [0.15, 0.2) is 42.5 Å². The smallest absolute Gasteiger partial charge is 0.406 e. The van der Waals surface area contributed by atoms with Crippen molar-refractivity contribution >= 4 is 0 Å². The molecule has 0 aliphatic heterocycles. The van der Waals surface area contributed by atoms with E-state index in [1.165, 1.54) is 12.1 Å². The predicted octanol–water partition coefficient (Wildman–Crippen LogP) is 4.53. The van der Waals surface area contributed by atoms with E-state index in [-0.39, 0.29) is 11.1 Å². The van der Waals surface area contributed by atoms with Gasteiger partial charge in [0.1, 0.15) is 17.4 Å². The van der Waals surface area contributed by atoms with Gasteiger partial charge in [-0.2, -0.15) is 0 Å². The molecule has 100 valence electrons. The molecule has 2 aromatic rings. The Bertz CT molecular complexity index is 592. The Morgan fingerprint density at radius 2 is 1.63 bits per heavy atom. The van der Waals surface area contributed by atoms with Crippen LogP contribution in [0, 0.1) is 11.6 Å². The molecule has 0 fully saturated rings. The number of hydrogen-bond acceptors (Lipinski definition) is 1.